The highest BCUT2D eigenvalue weighted by Crippen LogP contribution is 1.98. The van der Waals surface area contributed by atoms with Gasteiger partial charge in [0.25, 0.3) is 0 Å². The standard InChI is InChI=1S/C10H17NO2/c1-3-4-7-10(12)9(11)6-5-8-13-2/h9H,5-8,11H2,1-2H3. The molecule has 1 unspecified atom stereocenters. The number of ether oxygens (including phenoxy) is 1. The Balaban J connectivity index is 3.60. The number of carbonyl (C=O) groups excluding carboxylic acids is 1. The Morgan fingerprint density at radius 2 is 2.31 bits per heavy atom. The summed E-state index contributed by atoms with van der Waals surface area (Å²) in [6.07, 6.45) is 1.77. The van der Waals surface area contributed by atoms with Crippen LogP contribution in [0.4, 0.5) is 0 Å². The van der Waals surface area contributed by atoms with Crippen LogP contribution in [0.15, 0.2) is 0 Å². The molecule has 13 heavy (non-hydrogen) atoms. The van der Waals surface area contributed by atoms with E-state index in [1.165, 1.54) is 0 Å². The minimum Gasteiger partial charge on any atom is -0.385 e. The zero-order valence-electron chi connectivity index (χ0n) is 8.30. The van der Waals surface area contributed by atoms with Gasteiger partial charge in [0.05, 0.1) is 12.5 Å². The van der Waals surface area contributed by atoms with Gasteiger partial charge in [-0.05, 0) is 19.8 Å². The van der Waals surface area contributed by atoms with Crippen molar-refractivity contribution in [3.8, 4) is 11.8 Å². The first-order chi connectivity index (χ1) is 6.22. The highest BCUT2D eigenvalue weighted by atomic mass is 16.5. The molecule has 0 radical (unpaired) electrons. The van der Waals surface area contributed by atoms with Crippen LogP contribution in [0.5, 0.6) is 0 Å². The summed E-state index contributed by atoms with van der Waals surface area (Å²) in [5, 5.41) is 0. The third-order valence-corrected chi connectivity index (χ3v) is 1.72. The lowest BCUT2D eigenvalue weighted by Crippen LogP contribution is -2.30. The first kappa shape index (κ1) is 12.2. The maximum absolute atomic E-state index is 11.2. The normalized spacial score (nSPS) is 11.6. The van der Waals surface area contributed by atoms with E-state index in [-0.39, 0.29) is 18.2 Å². The summed E-state index contributed by atoms with van der Waals surface area (Å²) >= 11 is 0. The molecule has 0 heterocycles. The van der Waals surface area contributed by atoms with Crippen molar-refractivity contribution >= 4 is 5.78 Å². The van der Waals surface area contributed by atoms with Crippen molar-refractivity contribution in [2.45, 2.75) is 32.2 Å². The van der Waals surface area contributed by atoms with Crippen molar-refractivity contribution in [1.29, 1.82) is 0 Å². The Morgan fingerprint density at radius 3 is 2.85 bits per heavy atom. The number of rotatable bonds is 6. The Bertz CT molecular complexity index is 203. The van der Waals surface area contributed by atoms with E-state index < -0.39 is 0 Å². The van der Waals surface area contributed by atoms with Crippen molar-refractivity contribution in [3.05, 3.63) is 0 Å². The SMILES string of the molecule is CC#CCC(=O)C(N)CCCOC. The number of methoxy groups -OCH3 is 1. The number of carbonyl (C=O) groups is 1. The second kappa shape index (κ2) is 7.78. The molecule has 3 heteroatoms. The van der Waals surface area contributed by atoms with Gasteiger partial charge in [-0.15, -0.1) is 5.92 Å². The van der Waals surface area contributed by atoms with E-state index in [2.05, 4.69) is 11.8 Å². The number of ketones is 1. The molecule has 0 amide bonds. The van der Waals surface area contributed by atoms with Crippen LogP contribution in [0.3, 0.4) is 0 Å². The molecule has 0 fully saturated rings. The molecule has 74 valence electrons. The summed E-state index contributed by atoms with van der Waals surface area (Å²) < 4.78 is 4.86. The van der Waals surface area contributed by atoms with E-state index in [4.69, 9.17) is 10.5 Å². The maximum Gasteiger partial charge on any atom is 0.161 e. The fourth-order valence-electron chi connectivity index (χ4n) is 0.915. The minimum absolute atomic E-state index is 0.0189. The van der Waals surface area contributed by atoms with Crippen LogP contribution in [-0.2, 0) is 9.53 Å². The molecular formula is C10H17NO2. The van der Waals surface area contributed by atoms with Gasteiger partial charge < -0.3 is 10.5 Å². The fraction of sp³-hybridized carbons (Fsp3) is 0.700. The minimum atomic E-state index is -0.379. The van der Waals surface area contributed by atoms with Crippen LogP contribution >= 0.6 is 0 Å². The smallest absolute Gasteiger partial charge is 0.161 e. The quantitative estimate of drug-likeness (QED) is 0.487. The summed E-state index contributed by atoms with van der Waals surface area (Å²) in [6.45, 7) is 2.37. The number of Topliss-reactive ketones (excluding diaryl/α,β-unsaturated/α-hetero) is 1. The van der Waals surface area contributed by atoms with Gasteiger partial charge in [0.1, 0.15) is 0 Å². The Morgan fingerprint density at radius 1 is 1.62 bits per heavy atom. The van der Waals surface area contributed by atoms with E-state index >= 15 is 0 Å². The van der Waals surface area contributed by atoms with Crippen LogP contribution < -0.4 is 5.73 Å². The van der Waals surface area contributed by atoms with Crippen LogP contribution in [-0.4, -0.2) is 25.5 Å². The molecule has 0 aliphatic carbocycles. The lowest BCUT2D eigenvalue weighted by Gasteiger charge is -2.07. The zero-order valence-corrected chi connectivity index (χ0v) is 8.30. The lowest BCUT2D eigenvalue weighted by atomic mass is 10.1. The molecule has 0 saturated carbocycles. The maximum atomic E-state index is 11.2. The molecule has 0 aromatic carbocycles. The van der Waals surface area contributed by atoms with Gasteiger partial charge in [0.2, 0.25) is 0 Å². The highest BCUT2D eigenvalue weighted by Gasteiger charge is 2.10. The summed E-state index contributed by atoms with van der Waals surface area (Å²) in [5.74, 6) is 5.40. The monoisotopic (exact) mass is 183 g/mol. The van der Waals surface area contributed by atoms with Gasteiger partial charge in [0.15, 0.2) is 5.78 Å². The average molecular weight is 183 g/mol. The van der Waals surface area contributed by atoms with Gasteiger partial charge in [-0.25, -0.2) is 0 Å². The number of hydrogen-bond acceptors (Lipinski definition) is 3. The first-order valence-corrected chi connectivity index (χ1v) is 4.39. The largest absolute Gasteiger partial charge is 0.385 e. The Kier molecular flexibility index (Phi) is 7.27. The van der Waals surface area contributed by atoms with Gasteiger partial charge >= 0.3 is 0 Å². The van der Waals surface area contributed by atoms with E-state index in [9.17, 15) is 4.79 Å². The predicted molar refractivity (Wildman–Crippen MR) is 52.2 cm³/mol. The van der Waals surface area contributed by atoms with Crippen LogP contribution in [0.1, 0.15) is 26.2 Å². The second-order valence-electron chi connectivity index (χ2n) is 2.81. The molecule has 0 aromatic heterocycles. The third-order valence-electron chi connectivity index (χ3n) is 1.72. The molecule has 1 atom stereocenters. The molecule has 0 spiro atoms. The lowest BCUT2D eigenvalue weighted by molar-refractivity contribution is -0.119. The molecule has 3 nitrogen and oxygen atoms in total. The first-order valence-electron chi connectivity index (χ1n) is 4.39. The van der Waals surface area contributed by atoms with Crippen LogP contribution in [0, 0.1) is 11.8 Å². The van der Waals surface area contributed by atoms with Crippen molar-refractivity contribution in [3.63, 3.8) is 0 Å². The topological polar surface area (TPSA) is 52.3 Å². The van der Waals surface area contributed by atoms with E-state index in [1.807, 2.05) is 0 Å². The fourth-order valence-corrected chi connectivity index (χ4v) is 0.915. The predicted octanol–water partition coefficient (Wildman–Crippen LogP) is 0.723. The number of nitrogens with two attached hydrogens (primary N) is 1. The summed E-state index contributed by atoms with van der Waals surface area (Å²) in [7, 11) is 1.63. The average Bonchev–Trinajstić information content (AvgIpc) is 2.14. The van der Waals surface area contributed by atoms with Gasteiger partial charge in [-0.3, -0.25) is 4.79 Å². The summed E-state index contributed by atoms with van der Waals surface area (Å²) in [6, 6.07) is -0.379. The van der Waals surface area contributed by atoms with Crippen molar-refractivity contribution in [2.24, 2.45) is 5.73 Å². The van der Waals surface area contributed by atoms with E-state index in [0.29, 0.717) is 13.0 Å². The van der Waals surface area contributed by atoms with Gasteiger partial charge in [-0.1, -0.05) is 5.92 Å². The molecular weight excluding hydrogens is 166 g/mol. The Hall–Kier alpha value is -0.850. The summed E-state index contributed by atoms with van der Waals surface area (Å²) in [4.78, 5) is 11.2. The molecule has 0 aromatic rings. The van der Waals surface area contributed by atoms with Crippen molar-refractivity contribution in [1.82, 2.24) is 0 Å². The van der Waals surface area contributed by atoms with Crippen molar-refractivity contribution in [2.75, 3.05) is 13.7 Å². The van der Waals surface area contributed by atoms with E-state index in [1.54, 1.807) is 14.0 Å². The highest BCUT2D eigenvalue weighted by molar-refractivity contribution is 5.85. The van der Waals surface area contributed by atoms with Crippen molar-refractivity contribution < 1.29 is 9.53 Å². The summed E-state index contributed by atoms with van der Waals surface area (Å²) in [5.41, 5.74) is 5.63. The third kappa shape index (κ3) is 6.32. The second-order valence-corrected chi connectivity index (χ2v) is 2.81. The molecule has 0 aliphatic rings. The molecule has 0 bridgehead atoms. The van der Waals surface area contributed by atoms with Gasteiger partial charge in [-0.2, -0.15) is 0 Å². The van der Waals surface area contributed by atoms with E-state index in [0.717, 1.165) is 6.42 Å². The van der Waals surface area contributed by atoms with Gasteiger partial charge in [0, 0.05) is 13.7 Å². The molecule has 2 N–H and O–H groups in total. The Labute approximate surface area is 79.6 Å². The van der Waals surface area contributed by atoms with Crippen LogP contribution in [0.2, 0.25) is 0 Å². The zero-order chi connectivity index (χ0) is 10.1. The number of hydrogen-bond donors (Lipinski definition) is 1. The van der Waals surface area contributed by atoms with Crippen LogP contribution in [0.25, 0.3) is 0 Å². The molecule has 0 rings (SSSR count). The molecule has 0 aliphatic heterocycles. The molecule has 0 saturated heterocycles.